The van der Waals surface area contributed by atoms with E-state index < -0.39 is 0 Å². The third-order valence-electron chi connectivity index (χ3n) is 2.33. The minimum atomic E-state index is 0.746. The minimum Gasteiger partial charge on any atom is -0.175 e. The first-order valence-corrected chi connectivity index (χ1v) is 5.32. The van der Waals surface area contributed by atoms with Crippen molar-refractivity contribution in [2.24, 2.45) is 0 Å². The molecule has 0 aromatic heterocycles. The molecular weight excluding hydrogens is 188 g/mol. The van der Waals surface area contributed by atoms with E-state index in [0.29, 0.717) is 0 Å². The Morgan fingerprint density at radius 1 is 1.21 bits per heavy atom. The first kappa shape index (κ1) is 11.1. The Bertz CT molecular complexity index is 347. The van der Waals surface area contributed by atoms with Crippen molar-refractivity contribution in [3.05, 3.63) is 53.6 Å². The lowest BCUT2D eigenvalue weighted by Gasteiger charge is -2.09. The van der Waals surface area contributed by atoms with Crippen LogP contribution in [0.15, 0.2) is 48.1 Å². The number of allylic oxidation sites excluding steroid dienone is 2. The standard InChI is InChI=1S/C13H16S/c1-10(2)13(9-14)11(3)12-7-5-4-6-8-12/h4-8,14H,1,9H2,2-3H3/b13-11+. The average molecular weight is 204 g/mol. The highest BCUT2D eigenvalue weighted by Crippen LogP contribution is 2.22. The number of hydrogen-bond donors (Lipinski definition) is 1. The molecule has 0 radical (unpaired) electrons. The van der Waals surface area contributed by atoms with Gasteiger partial charge in [-0.05, 0) is 30.6 Å². The van der Waals surface area contributed by atoms with E-state index in [9.17, 15) is 0 Å². The van der Waals surface area contributed by atoms with Gasteiger partial charge in [0, 0.05) is 5.75 Å². The molecule has 0 bridgehead atoms. The van der Waals surface area contributed by atoms with Gasteiger partial charge in [-0.3, -0.25) is 0 Å². The maximum atomic E-state index is 4.33. The summed E-state index contributed by atoms with van der Waals surface area (Å²) in [6.45, 7) is 8.11. The fourth-order valence-corrected chi connectivity index (χ4v) is 1.94. The minimum absolute atomic E-state index is 0.746. The molecule has 1 rings (SSSR count). The zero-order valence-electron chi connectivity index (χ0n) is 8.75. The Balaban J connectivity index is 3.15. The average Bonchev–Trinajstić information content (AvgIpc) is 2.19. The van der Waals surface area contributed by atoms with Gasteiger partial charge in [-0.15, -0.1) is 0 Å². The van der Waals surface area contributed by atoms with Gasteiger partial charge < -0.3 is 0 Å². The fourth-order valence-electron chi connectivity index (χ4n) is 1.44. The van der Waals surface area contributed by atoms with E-state index in [1.165, 1.54) is 16.7 Å². The molecule has 0 aliphatic carbocycles. The van der Waals surface area contributed by atoms with Crippen molar-refractivity contribution in [3.63, 3.8) is 0 Å². The number of thiol groups is 1. The lowest BCUT2D eigenvalue weighted by atomic mass is 9.99. The van der Waals surface area contributed by atoms with Gasteiger partial charge in [0.25, 0.3) is 0 Å². The van der Waals surface area contributed by atoms with Crippen LogP contribution in [0, 0.1) is 0 Å². The van der Waals surface area contributed by atoms with E-state index in [4.69, 9.17) is 0 Å². The van der Waals surface area contributed by atoms with Crippen LogP contribution in [0.1, 0.15) is 19.4 Å². The molecule has 0 unspecified atom stereocenters. The van der Waals surface area contributed by atoms with Crippen LogP contribution in [-0.4, -0.2) is 5.75 Å². The van der Waals surface area contributed by atoms with Crippen molar-refractivity contribution in [2.75, 3.05) is 5.75 Å². The summed E-state index contributed by atoms with van der Waals surface area (Å²) in [5.74, 6) is 0.746. The molecule has 1 aromatic carbocycles. The van der Waals surface area contributed by atoms with Gasteiger partial charge in [-0.2, -0.15) is 12.6 Å². The van der Waals surface area contributed by atoms with Crippen LogP contribution in [0.2, 0.25) is 0 Å². The van der Waals surface area contributed by atoms with Gasteiger partial charge in [-0.1, -0.05) is 42.5 Å². The smallest absolute Gasteiger partial charge is 0.0159 e. The number of benzene rings is 1. The van der Waals surface area contributed by atoms with Crippen LogP contribution in [0.5, 0.6) is 0 Å². The zero-order chi connectivity index (χ0) is 10.6. The van der Waals surface area contributed by atoms with Crippen LogP contribution in [0.3, 0.4) is 0 Å². The SMILES string of the molecule is C=C(C)/C(CS)=C(\C)c1ccccc1. The van der Waals surface area contributed by atoms with Crippen LogP contribution in [0.4, 0.5) is 0 Å². The lowest BCUT2D eigenvalue weighted by molar-refractivity contribution is 1.36. The molecule has 1 aromatic rings. The van der Waals surface area contributed by atoms with Crippen molar-refractivity contribution in [1.82, 2.24) is 0 Å². The van der Waals surface area contributed by atoms with E-state index in [1.54, 1.807) is 0 Å². The molecule has 0 nitrogen and oxygen atoms in total. The topological polar surface area (TPSA) is 0 Å². The molecule has 0 aliphatic rings. The molecular formula is C13H16S. The molecule has 0 N–H and O–H groups in total. The monoisotopic (exact) mass is 204 g/mol. The Morgan fingerprint density at radius 3 is 2.21 bits per heavy atom. The van der Waals surface area contributed by atoms with E-state index >= 15 is 0 Å². The molecule has 0 fully saturated rings. The van der Waals surface area contributed by atoms with E-state index in [1.807, 2.05) is 25.1 Å². The predicted octanol–water partition coefficient (Wildman–Crippen LogP) is 3.97. The summed E-state index contributed by atoms with van der Waals surface area (Å²) >= 11 is 4.33. The van der Waals surface area contributed by atoms with Gasteiger partial charge in [0.15, 0.2) is 0 Å². The first-order chi connectivity index (χ1) is 6.66. The highest BCUT2D eigenvalue weighted by molar-refractivity contribution is 7.80. The second-order valence-electron chi connectivity index (χ2n) is 3.41. The molecule has 74 valence electrons. The Kier molecular flexibility index (Phi) is 4.02. The molecule has 14 heavy (non-hydrogen) atoms. The molecule has 0 saturated heterocycles. The summed E-state index contributed by atoms with van der Waals surface area (Å²) in [7, 11) is 0. The zero-order valence-corrected chi connectivity index (χ0v) is 9.64. The summed E-state index contributed by atoms with van der Waals surface area (Å²) in [5, 5.41) is 0. The summed E-state index contributed by atoms with van der Waals surface area (Å²) in [5.41, 5.74) is 4.86. The third kappa shape index (κ3) is 2.52. The Morgan fingerprint density at radius 2 is 1.79 bits per heavy atom. The van der Waals surface area contributed by atoms with Crippen LogP contribution >= 0.6 is 12.6 Å². The molecule has 0 heterocycles. The summed E-state index contributed by atoms with van der Waals surface area (Å²) in [6, 6.07) is 10.3. The van der Waals surface area contributed by atoms with Crippen molar-refractivity contribution in [1.29, 1.82) is 0 Å². The van der Waals surface area contributed by atoms with E-state index in [-0.39, 0.29) is 0 Å². The molecule has 0 aliphatic heterocycles. The van der Waals surface area contributed by atoms with Crippen molar-refractivity contribution < 1.29 is 0 Å². The fraction of sp³-hybridized carbons (Fsp3) is 0.231. The molecule has 0 saturated carbocycles. The van der Waals surface area contributed by atoms with Gasteiger partial charge >= 0.3 is 0 Å². The predicted molar refractivity (Wildman–Crippen MR) is 67.7 cm³/mol. The van der Waals surface area contributed by atoms with Crippen LogP contribution in [0.25, 0.3) is 5.57 Å². The van der Waals surface area contributed by atoms with Crippen LogP contribution in [-0.2, 0) is 0 Å². The maximum absolute atomic E-state index is 4.33. The van der Waals surface area contributed by atoms with Gasteiger partial charge in [0.1, 0.15) is 0 Å². The lowest BCUT2D eigenvalue weighted by Crippen LogP contribution is -1.91. The first-order valence-electron chi connectivity index (χ1n) is 4.68. The molecule has 0 atom stereocenters. The summed E-state index contributed by atoms with van der Waals surface area (Å²) < 4.78 is 0. The van der Waals surface area contributed by atoms with Crippen molar-refractivity contribution in [2.45, 2.75) is 13.8 Å². The molecule has 0 amide bonds. The van der Waals surface area contributed by atoms with Crippen molar-refractivity contribution >= 4 is 18.2 Å². The van der Waals surface area contributed by atoms with E-state index in [0.717, 1.165) is 11.3 Å². The van der Waals surface area contributed by atoms with Gasteiger partial charge in [0.2, 0.25) is 0 Å². The molecule has 0 spiro atoms. The second kappa shape index (κ2) is 5.06. The van der Waals surface area contributed by atoms with E-state index in [2.05, 4.69) is 38.3 Å². The number of rotatable bonds is 3. The Hall–Kier alpha value is -0.950. The van der Waals surface area contributed by atoms with Gasteiger partial charge in [-0.25, -0.2) is 0 Å². The highest BCUT2D eigenvalue weighted by Gasteiger charge is 2.03. The van der Waals surface area contributed by atoms with Gasteiger partial charge in [0.05, 0.1) is 0 Å². The quantitative estimate of drug-likeness (QED) is 0.559. The third-order valence-corrected chi connectivity index (χ3v) is 2.65. The Labute approximate surface area is 91.8 Å². The normalized spacial score (nSPS) is 12.2. The second-order valence-corrected chi connectivity index (χ2v) is 3.72. The van der Waals surface area contributed by atoms with Crippen LogP contribution < -0.4 is 0 Å². The largest absolute Gasteiger partial charge is 0.175 e. The summed E-state index contributed by atoms with van der Waals surface area (Å²) in [6.07, 6.45) is 0. The summed E-state index contributed by atoms with van der Waals surface area (Å²) in [4.78, 5) is 0. The molecule has 1 heteroatoms. The number of hydrogen-bond acceptors (Lipinski definition) is 1. The maximum Gasteiger partial charge on any atom is 0.0159 e. The van der Waals surface area contributed by atoms with Crippen molar-refractivity contribution in [3.8, 4) is 0 Å². The highest BCUT2D eigenvalue weighted by atomic mass is 32.1.